The Morgan fingerprint density at radius 3 is 2.54 bits per heavy atom. The van der Waals surface area contributed by atoms with E-state index in [0.717, 1.165) is 28.8 Å². The Labute approximate surface area is 145 Å². The van der Waals surface area contributed by atoms with Crippen molar-refractivity contribution < 1.29 is 9.53 Å². The molecule has 0 saturated carbocycles. The number of esters is 1. The summed E-state index contributed by atoms with van der Waals surface area (Å²) in [7, 11) is 1.35. The molecular weight excluding hydrogens is 326 g/mol. The van der Waals surface area contributed by atoms with Gasteiger partial charge in [-0.2, -0.15) is 5.10 Å². The van der Waals surface area contributed by atoms with E-state index in [1.54, 1.807) is 6.07 Å². The van der Waals surface area contributed by atoms with Crippen LogP contribution in [-0.4, -0.2) is 27.8 Å². The number of benzene rings is 1. The van der Waals surface area contributed by atoms with E-state index in [-0.39, 0.29) is 5.69 Å². The fraction of sp³-hybridized carbons (Fsp3) is 0.278. The van der Waals surface area contributed by atoms with Crippen LogP contribution in [-0.2, 0) is 11.2 Å². The van der Waals surface area contributed by atoms with Gasteiger partial charge in [0.25, 0.3) is 0 Å². The van der Waals surface area contributed by atoms with Gasteiger partial charge in [0.15, 0.2) is 0 Å². The summed E-state index contributed by atoms with van der Waals surface area (Å²) in [4.78, 5) is 16.3. The number of halogens is 1. The van der Waals surface area contributed by atoms with Crippen molar-refractivity contribution in [2.75, 3.05) is 7.11 Å². The van der Waals surface area contributed by atoms with Crippen molar-refractivity contribution in [1.29, 1.82) is 0 Å². The number of methoxy groups -OCH3 is 1. The first-order valence-electron chi connectivity index (χ1n) is 7.72. The van der Waals surface area contributed by atoms with E-state index in [4.69, 9.17) is 21.4 Å². The smallest absolute Gasteiger partial charge is 0.356 e. The molecule has 0 spiro atoms. The lowest BCUT2D eigenvalue weighted by Gasteiger charge is -2.03. The molecule has 0 fully saturated rings. The Morgan fingerprint density at radius 1 is 1.21 bits per heavy atom. The van der Waals surface area contributed by atoms with Crippen molar-refractivity contribution in [1.82, 2.24) is 14.8 Å². The van der Waals surface area contributed by atoms with Gasteiger partial charge in [-0.3, -0.25) is 0 Å². The standard InChI is InChI=1S/C18H18ClN3O2/c1-11(2)10-15-17-16(9-8-14(20-17)18(23)24-3)22(21-15)13-6-4-12(19)5-7-13/h4-9,11H,10H2,1-3H3. The molecule has 0 radical (unpaired) electrons. The first kappa shape index (κ1) is 16.5. The highest BCUT2D eigenvalue weighted by Gasteiger charge is 2.17. The molecule has 2 aromatic heterocycles. The number of carbonyl (C=O) groups excluding carboxylic acids is 1. The molecule has 124 valence electrons. The molecule has 3 rings (SSSR count). The molecule has 3 aromatic rings. The predicted molar refractivity (Wildman–Crippen MR) is 93.8 cm³/mol. The van der Waals surface area contributed by atoms with Gasteiger partial charge in [-0.25, -0.2) is 14.5 Å². The van der Waals surface area contributed by atoms with Gasteiger partial charge >= 0.3 is 5.97 Å². The van der Waals surface area contributed by atoms with Crippen molar-refractivity contribution >= 4 is 28.6 Å². The van der Waals surface area contributed by atoms with Crippen LogP contribution in [0.1, 0.15) is 30.0 Å². The molecule has 24 heavy (non-hydrogen) atoms. The minimum atomic E-state index is -0.452. The maximum atomic E-state index is 11.8. The number of rotatable bonds is 4. The van der Waals surface area contributed by atoms with Gasteiger partial charge in [-0.15, -0.1) is 0 Å². The van der Waals surface area contributed by atoms with E-state index < -0.39 is 5.97 Å². The Morgan fingerprint density at radius 2 is 1.92 bits per heavy atom. The first-order chi connectivity index (χ1) is 11.5. The highest BCUT2D eigenvalue weighted by molar-refractivity contribution is 6.30. The van der Waals surface area contributed by atoms with Gasteiger partial charge in [0.2, 0.25) is 0 Å². The zero-order valence-corrected chi connectivity index (χ0v) is 14.5. The molecule has 0 saturated heterocycles. The topological polar surface area (TPSA) is 57.0 Å². The van der Waals surface area contributed by atoms with Gasteiger partial charge in [-0.1, -0.05) is 25.4 Å². The number of hydrogen-bond acceptors (Lipinski definition) is 4. The Balaban J connectivity index is 2.19. The second-order valence-corrected chi connectivity index (χ2v) is 6.43. The third-order valence-corrected chi connectivity index (χ3v) is 3.92. The highest BCUT2D eigenvalue weighted by atomic mass is 35.5. The number of ether oxygens (including phenoxy) is 1. The zero-order valence-electron chi connectivity index (χ0n) is 13.8. The van der Waals surface area contributed by atoms with E-state index in [1.807, 2.05) is 35.0 Å². The van der Waals surface area contributed by atoms with Crippen LogP contribution in [0.15, 0.2) is 36.4 Å². The number of nitrogens with zero attached hydrogens (tertiary/aromatic N) is 3. The molecule has 0 amide bonds. The molecule has 6 heteroatoms. The first-order valence-corrected chi connectivity index (χ1v) is 8.10. The van der Waals surface area contributed by atoms with Gasteiger partial charge in [0.1, 0.15) is 11.2 Å². The summed E-state index contributed by atoms with van der Waals surface area (Å²) in [5.74, 6) is -0.0306. The minimum Gasteiger partial charge on any atom is -0.464 e. The van der Waals surface area contributed by atoms with Crippen molar-refractivity contribution in [3.05, 3.63) is 52.8 Å². The molecule has 5 nitrogen and oxygen atoms in total. The van der Waals surface area contributed by atoms with Crippen molar-refractivity contribution in [3.63, 3.8) is 0 Å². The van der Waals surface area contributed by atoms with Crippen molar-refractivity contribution in [2.45, 2.75) is 20.3 Å². The summed E-state index contributed by atoms with van der Waals surface area (Å²) < 4.78 is 6.60. The minimum absolute atomic E-state index is 0.283. The van der Waals surface area contributed by atoms with Crippen LogP contribution in [0.2, 0.25) is 5.02 Å². The fourth-order valence-corrected chi connectivity index (χ4v) is 2.70. The highest BCUT2D eigenvalue weighted by Crippen LogP contribution is 2.24. The fourth-order valence-electron chi connectivity index (χ4n) is 2.58. The number of aromatic nitrogens is 3. The number of pyridine rings is 1. The lowest BCUT2D eigenvalue weighted by atomic mass is 10.1. The summed E-state index contributed by atoms with van der Waals surface area (Å²) >= 11 is 5.97. The van der Waals surface area contributed by atoms with E-state index in [0.29, 0.717) is 10.9 Å². The van der Waals surface area contributed by atoms with Crippen LogP contribution in [0.4, 0.5) is 0 Å². The van der Waals surface area contributed by atoms with Gasteiger partial charge in [0, 0.05) is 5.02 Å². The Kier molecular flexibility index (Phi) is 4.53. The molecule has 2 heterocycles. The summed E-state index contributed by atoms with van der Waals surface area (Å²) in [6, 6.07) is 11.0. The molecule has 0 atom stereocenters. The SMILES string of the molecule is COC(=O)c1ccc2c(n1)c(CC(C)C)nn2-c1ccc(Cl)cc1. The Bertz CT molecular complexity index is 885. The second-order valence-electron chi connectivity index (χ2n) is 5.99. The van der Waals surface area contributed by atoms with Gasteiger partial charge in [0.05, 0.1) is 24.0 Å². The molecule has 0 N–H and O–H groups in total. The van der Waals surface area contributed by atoms with E-state index in [1.165, 1.54) is 7.11 Å². The number of fused-ring (bicyclic) bond motifs is 1. The third kappa shape index (κ3) is 3.12. The zero-order chi connectivity index (χ0) is 17.3. The molecule has 1 aromatic carbocycles. The summed E-state index contributed by atoms with van der Waals surface area (Å²) in [6.07, 6.45) is 0.773. The molecular formula is C18H18ClN3O2. The van der Waals surface area contributed by atoms with Gasteiger partial charge in [-0.05, 0) is 48.7 Å². The van der Waals surface area contributed by atoms with E-state index in [2.05, 4.69) is 18.8 Å². The largest absolute Gasteiger partial charge is 0.464 e. The van der Waals surface area contributed by atoms with Crippen LogP contribution in [0.25, 0.3) is 16.7 Å². The summed E-state index contributed by atoms with van der Waals surface area (Å²) in [6.45, 7) is 4.24. The maximum absolute atomic E-state index is 11.8. The van der Waals surface area contributed by atoms with E-state index >= 15 is 0 Å². The molecule has 0 aliphatic heterocycles. The van der Waals surface area contributed by atoms with Crippen LogP contribution in [0, 0.1) is 5.92 Å². The van der Waals surface area contributed by atoms with Crippen LogP contribution in [0.3, 0.4) is 0 Å². The van der Waals surface area contributed by atoms with Crippen LogP contribution >= 0.6 is 11.6 Å². The summed E-state index contributed by atoms with van der Waals surface area (Å²) in [5, 5.41) is 5.38. The van der Waals surface area contributed by atoms with Crippen molar-refractivity contribution in [3.8, 4) is 5.69 Å². The van der Waals surface area contributed by atoms with Crippen molar-refractivity contribution in [2.24, 2.45) is 5.92 Å². The quantitative estimate of drug-likeness (QED) is 0.670. The second kappa shape index (κ2) is 6.61. The normalized spacial score (nSPS) is 11.2. The van der Waals surface area contributed by atoms with Crippen LogP contribution in [0.5, 0.6) is 0 Å². The Hall–Kier alpha value is -2.40. The van der Waals surface area contributed by atoms with Gasteiger partial charge < -0.3 is 4.74 Å². The number of hydrogen-bond donors (Lipinski definition) is 0. The molecule has 0 aliphatic rings. The maximum Gasteiger partial charge on any atom is 0.356 e. The lowest BCUT2D eigenvalue weighted by Crippen LogP contribution is -2.04. The molecule has 0 aliphatic carbocycles. The van der Waals surface area contributed by atoms with Crippen LogP contribution < -0.4 is 0 Å². The average Bonchev–Trinajstić information content (AvgIpc) is 2.92. The number of carbonyl (C=O) groups is 1. The third-order valence-electron chi connectivity index (χ3n) is 3.66. The lowest BCUT2D eigenvalue weighted by molar-refractivity contribution is 0.0594. The monoisotopic (exact) mass is 343 g/mol. The summed E-state index contributed by atoms with van der Waals surface area (Å²) in [5.41, 5.74) is 3.61. The predicted octanol–water partition coefficient (Wildman–Crippen LogP) is 4.06. The molecule has 0 bridgehead atoms. The average molecular weight is 344 g/mol. The molecule has 0 unspecified atom stereocenters. The van der Waals surface area contributed by atoms with E-state index in [9.17, 15) is 4.79 Å².